The minimum atomic E-state index is 0.362. The summed E-state index contributed by atoms with van der Waals surface area (Å²) < 4.78 is 10.8. The zero-order chi connectivity index (χ0) is 14.5. The third kappa shape index (κ3) is 3.43. The number of ether oxygens (including phenoxy) is 2. The predicted molar refractivity (Wildman–Crippen MR) is 81.3 cm³/mol. The van der Waals surface area contributed by atoms with Crippen LogP contribution < -0.4 is 10.1 Å². The van der Waals surface area contributed by atoms with Crippen LogP contribution in [0, 0.1) is 0 Å². The zero-order valence-corrected chi connectivity index (χ0v) is 12.3. The molecule has 0 spiro atoms. The molecule has 2 N–H and O–H groups in total. The quantitative estimate of drug-likeness (QED) is 0.856. The molecule has 0 aliphatic carbocycles. The van der Waals surface area contributed by atoms with Crippen molar-refractivity contribution in [2.24, 2.45) is 0 Å². The van der Waals surface area contributed by atoms with E-state index in [0.29, 0.717) is 6.10 Å². The lowest BCUT2D eigenvalue weighted by atomic mass is 10.1. The lowest BCUT2D eigenvalue weighted by molar-refractivity contribution is 0.110. The van der Waals surface area contributed by atoms with Crippen LogP contribution in [0.1, 0.15) is 18.4 Å². The molecule has 0 radical (unpaired) electrons. The summed E-state index contributed by atoms with van der Waals surface area (Å²) in [4.78, 5) is 0. The normalized spacial score (nSPS) is 18.0. The summed E-state index contributed by atoms with van der Waals surface area (Å²) in [6.45, 7) is 2.58. The van der Waals surface area contributed by atoms with Crippen LogP contribution in [0.3, 0.4) is 0 Å². The van der Waals surface area contributed by atoms with Gasteiger partial charge in [0, 0.05) is 30.8 Å². The maximum absolute atomic E-state index is 5.61. The summed E-state index contributed by atoms with van der Waals surface area (Å²) in [5.74, 6) is 0.858. The van der Waals surface area contributed by atoms with E-state index < -0.39 is 0 Å². The van der Waals surface area contributed by atoms with Gasteiger partial charge in [-0.15, -0.1) is 0 Å². The molecular formula is C16H21N3O2. The lowest BCUT2D eigenvalue weighted by Crippen LogP contribution is -2.25. The summed E-state index contributed by atoms with van der Waals surface area (Å²) >= 11 is 0. The first kappa shape index (κ1) is 14.1. The second-order valence-electron chi connectivity index (χ2n) is 5.26. The van der Waals surface area contributed by atoms with Gasteiger partial charge < -0.3 is 14.8 Å². The summed E-state index contributed by atoms with van der Waals surface area (Å²) in [6.07, 6.45) is 4.57. The van der Waals surface area contributed by atoms with Crippen LogP contribution in [-0.4, -0.2) is 36.6 Å². The molecule has 1 aliphatic rings. The molecule has 1 aromatic heterocycles. The number of aromatic nitrogens is 2. The molecule has 1 aromatic carbocycles. The Morgan fingerprint density at radius 1 is 1.38 bits per heavy atom. The minimum absolute atomic E-state index is 0.362. The van der Waals surface area contributed by atoms with Gasteiger partial charge in [0.05, 0.1) is 25.1 Å². The van der Waals surface area contributed by atoms with E-state index in [0.717, 1.165) is 48.7 Å². The summed E-state index contributed by atoms with van der Waals surface area (Å²) in [5.41, 5.74) is 3.33. The highest BCUT2D eigenvalue weighted by atomic mass is 16.5. The second kappa shape index (κ2) is 6.74. The Hall–Kier alpha value is -1.85. The van der Waals surface area contributed by atoms with Gasteiger partial charge in [-0.1, -0.05) is 0 Å². The van der Waals surface area contributed by atoms with E-state index in [9.17, 15) is 0 Å². The Balaban J connectivity index is 1.62. The van der Waals surface area contributed by atoms with Gasteiger partial charge in [-0.2, -0.15) is 5.10 Å². The molecule has 1 fully saturated rings. The number of aromatic amines is 1. The van der Waals surface area contributed by atoms with E-state index in [4.69, 9.17) is 9.47 Å². The molecule has 112 valence electrons. The van der Waals surface area contributed by atoms with Gasteiger partial charge in [0.2, 0.25) is 0 Å². The van der Waals surface area contributed by atoms with Crippen LogP contribution in [0.25, 0.3) is 11.3 Å². The van der Waals surface area contributed by atoms with E-state index >= 15 is 0 Å². The highest BCUT2D eigenvalue weighted by molar-refractivity contribution is 5.63. The number of hydrogen-bond acceptors (Lipinski definition) is 4. The van der Waals surface area contributed by atoms with Crippen molar-refractivity contribution in [2.45, 2.75) is 25.5 Å². The van der Waals surface area contributed by atoms with Gasteiger partial charge >= 0.3 is 0 Å². The number of rotatable bonds is 6. The molecule has 21 heavy (non-hydrogen) atoms. The average molecular weight is 287 g/mol. The topological polar surface area (TPSA) is 59.2 Å². The molecule has 5 heteroatoms. The predicted octanol–water partition coefficient (Wildman–Crippen LogP) is 2.35. The van der Waals surface area contributed by atoms with Crippen molar-refractivity contribution < 1.29 is 9.47 Å². The third-order valence-electron chi connectivity index (χ3n) is 3.81. The van der Waals surface area contributed by atoms with Crippen molar-refractivity contribution in [3.05, 3.63) is 36.0 Å². The fourth-order valence-electron chi connectivity index (χ4n) is 2.63. The average Bonchev–Trinajstić information content (AvgIpc) is 3.19. The number of hydrogen-bond donors (Lipinski definition) is 2. The summed E-state index contributed by atoms with van der Waals surface area (Å²) in [6, 6.07) is 7.99. The van der Waals surface area contributed by atoms with Crippen molar-refractivity contribution in [3.63, 3.8) is 0 Å². The molecule has 1 saturated heterocycles. The number of nitrogens with one attached hydrogen (secondary N) is 2. The maximum Gasteiger partial charge on any atom is 0.118 e. The van der Waals surface area contributed by atoms with E-state index in [1.54, 1.807) is 7.11 Å². The number of methoxy groups -OCH3 is 1. The molecule has 0 saturated carbocycles. The number of benzene rings is 1. The second-order valence-corrected chi connectivity index (χ2v) is 5.26. The third-order valence-corrected chi connectivity index (χ3v) is 3.81. The molecule has 3 rings (SSSR count). The van der Waals surface area contributed by atoms with Gasteiger partial charge in [-0.3, -0.25) is 5.10 Å². The van der Waals surface area contributed by atoms with Crippen LogP contribution in [0.2, 0.25) is 0 Å². The Bertz CT molecular complexity index is 559. The van der Waals surface area contributed by atoms with Gasteiger partial charge in [-0.25, -0.2) is 0 Å². The standard InChI is InChI=1S/C16H21N3O2/c1-20-14-6-4-12(5-7-14)16-13(10-18-19-16)9-17-11-15-3-2-8-21-15/h4-7,10,15,17H,2-3,8-9,11H2,1H3,(H,18,19). The Morgan fingerprint density at radius 2 is 2.24 bits per heavy atom. The highest BCUT2D eigenvalue weighted by Crippen LogP contribution is 2.23. The molecule has 1 aliphatic heterocycles. The number of H-pyrrole nitrogens is 1. The fraction of sp³-hybridized carbons (Fsp3) is 0.438. The highest BCUT2D eigenvalue weighted by Gasteiger charge is 2.15. The molecule has 1 atom stereocenters. The fourth-order valence-corrected chi connectivity index (χ4v) is 2.63. The number of nitrogens with zero attached hydrogens (tertiary/aromatic N) is 1. The molecule has 2 aromatic rings. The first-order chi connectivity index (χ1) is 10.4. The lowest BCUT2D eigenvalue weighted by Gasteiger charge is -2.11. The summed E-state index contributed by atoms with van der Waals surface area (Å²) in [7, 11) is 1.67. The van der Waals surface area contributed by atoms with Gasteiger partial charge in [0.25, 0.3) is 0 Å². The molecule has 5 nitrogen and oxygen atoms in total. The molecule has 1 unspecified atom stereocenters. The SMILES string of the molecule is COc1ccc(-c2[nH]ncc2CNCC2CCCO2)cc1. The van der Waals surface area contributed by atoms with E-state index in [1.807, 2.05) is 30.5 Å². The maximum atomic E-state index is 5.61. The summed E-state index contributed by atoms with van der Waals surface area (Å²) in [5, 5.41) is 10.7. The molecular weight excluding hydrogens is 266 g/mol. The monoisotopic (exact) mass is 287 g/mol. The Morgan fingerprint density at radius 3 is 2.95 bits per heavy atom. The van der Waals surface area contributed by atoms with E-state index in [2.05, 4.69) is 15.5 Å². The largest absolute Gasteiger partial charge is 0.497 e. The van der Waals surface area contributed by atoms with Crippen molar-refractivity contribution in [1.29, 1.82) is 0 Å². The van der Waals surface area contributed by atoms with Gasteiger partial charge in [0.1, 0.15) is 5.75 Å². The van der Waals surface area contributed by atoms with Crippen LogP contribution in [0.15, 0.2) is 30.5 Å². The van der Waals surface area contributed by atoms with Crippen LogP contribution in [0.5, 0.6) is 5.75 Å². The van der Waals surface area contributed by atoms with Crippen molar-refractivity contribution in [1.82, 2.24) is 15.5 Å². The zero-order valence-electron chi connectivity index (χ0n) is 12.3. The minimum Gasteiger partial charge on any atom is -0.497 e. The van der Waals surface area contributed by atoms with Crippen molar-refractivity contribution >= 4 is 0 Å². The van der Waals surface area contributed by atoms with Crippen molar-refractivity contribution in [2.75, 3.05) is 20.3 Å². The molecule has 2 heterocycles. The molecule has 0 bridgehead atoms. The Kier molecular flexibility index (Phi) is 4.52. The Labute approximate surface area is 124 Å². The van der Waals surface area contributed by atoms with Crippen LogP contribution >= 0.6 is 0 Å². The van der Waals surface area contributed by atoms with Crippen LogP contribution in [-0.2, 0) is 11.3 Å². The molecule has 0 amide bonds. The van der Waals surface area contributed by atoms with Crippen molar-refractivity contribution in [3.8, 4) is 17.0 Å². The first-order valence-corrected chi connectivity index (χ1v) is 7.36. The van der Waals surface area contributed by atoms with E-state index in [1.165, 1.54) is 6.42 Å². The van der Waals surface area contributed by atoms with Gasteiger partial charge in [0.15, 0.2) is 0 Å². The smallest absolute Gasteiger partial charge is 0.118 e. The van der Waals surface area contributed by atoms with E-state index in [-0.39, 0.29) is 0 Å². The van der Waals surface area contributed by atoms with Gasteiger partial charge in [-0.05, 0) is 37.1 Å². The first-order valence-electron chi connectivity index (χ1n) is 7.36. The van der Waals surface area contributed by atoms with Crippen LogP contribution in [0.4, 0.5) is 0 Å².